The molecule has 1 unspecified atom stereocenters. The van der Waals surface area contributed by atoms with Gasteiger partial charge in [0.1, 0.15) is 6.10 Å². The summed E-state index contributed by atoms with van der Waals surface area (Å²) in [5.41, 5.74) is 2.01. The first kappa shape index (κ1) is 18.8. The molecule has 138 valence electrons. The molecule has 7 heteroatoms. The van der Waals surface area contributed by atoms with Crippen LogP contribution in [0.1, 0.15) is 17.2 Å². The average Bonchev–Trinajstić information content (AvgIpc) is 3.28. The number of imidazole rings is 1. The molecule has 1 atom stereocenters. The summed E-state index contributed by atoms with van der Waals surface area (Å²) in [5.74, 6) is 0. The fourth-order valence-corrected chi connectivity index (χ4v) is 4.58. The van der Waals surface area contributed by atoms with Crippen molar-refractivity contribution < 1.29 is 4.74 Å². The molecule has 0 amide bonds. The highest BCUT2D eigenvalue weighted by atomic mass is 35.5. The smallest absolute Gasteiger partial charge is 0.102 e. The second-order valence-corrected chi connectivity index (χ2v) is 8.32. The van der Waals surface area contributed by atoms with E-state index in [1.807, 2.05) is 41.1 Å². The molecular formula is C20H15Cl3N2OS. The topological polar surface area (TPSA) is 27.1 Å². The number of halogens is 3. The van der Waals surface area contributed by atoms with Gasteiger partial charge in [0, 0.05) is 37.7 Å². The molecule has 0 aliphatic carbocycles. The summed E-state index contributed by atoms with van der Waals surface area (Å²) in [6, 6.07) is 11.4. The van der Waals surface area contributed by atoms with Crippen molar-refractivity contribution in [2.75, 3.05) is 0 Å². The first-order valence-electron chi connectivity index (χ1n) is 8.28. The predicted octanol–water partition coefficient (Wildman–Crippen LogP) is 7.02. The van der Waals surface area contributed by atoms with E-state index < -0.39 is 0 Å². The fraction of sp³-hybridized carbons (Fsp3) is 0.150. The molecule has 2 heterocycles. The van der Waals surface area contributed by atoms with Crippen molar-refractivity contribution in [2.24, 2.45) is 0 Å². The Balaban J connectivity index is 1.61. The van der Waals surface area contributed by atoms with Crippen LogP contribution >= 0.6 is 46.1 Å². The first-order chi connectivity index (χ1) is 13.1. The lowest BCUT2D eigenvalue weighted by molar-refractivity contribution is 0.0288. The van der Waals surface area contributed by atoms with Crippen molar-refractivity contribution in [3.05, 3.63) is 86.7 Å². The molecule has 0 spiro atoms. The maximum Gasteiger partial charge on any atom is 0.102 e. The summed E-state index contributed by atoms with van der Waals surface area (Å²) in [7, 11) is 0. The van der Waals surface area contributed by atoms with E-state index in [4.69, 9.17) is 39.5 Å². The molecular weight excluding hydrogens is 423 g/mol. The molecule has 0 aliphatic rings. The largest absolute Gasteiger partial charge is 0.367 e. The van der Waals surface area contributed by atoms with E-state index >= 15 is 0 Å². The zero-order valence-electron chi connectivity index (χ0n) is 14.1. The predicted molar refractivity (Wildman–Crippen MR) is 113 cm³/mol. The van der Waals surface area contributed by atoms with Gasteiger partial charge in [-0.25, -0.2) is 4.98 Å². The van der Waals surface area contributed by atoms with Crippen LogP contribution in [0.5, 0.6) is 0 Å². The molecule has 0 saturated heterocycles. The van der Waals surface area contributed by atoms with Gasteiger partial charge in [-0.05, 0) is 46.7 Å². The monoisotopic (exact) mass is 436 g/mol. The molecule has 4 rings (SSSR count). The van der Waals surface area contributed by atoms with Crippen LogP contribution in [0.15, 0.2) is 60.5 Å². The zero-order valence-corrected chi connectivity index (χ0v) is 17.2. The Kier molecular flexibility index (Phi) is 5.71. The van der Waals surface area contributed by atoms with Gasteiger partial charge in [-0.1, -0.05) is 40.9 Å². The minimum atomic E-state index is -0.238. The van der Waals surface area contributed by atoms with Gasteiger partial charge in [0.05, 0.1) is 19.5 Å². The Morgan fingerprint density at radius 3 is 2.67 bits per heavy atom. The Bertz CT molecular complexity index is 1060. The summed E-state index contributed by atoms with van der Waals surface area (Å²) in [6.07, 6.45) is 5.17. The third-order valence-corrected chi connectivity index (χ3v) is 6.11. The Hall–Kier alpha value is -1.56. The number of fused-ring (bicyclic) bond motifs is 1. The molecule has 0 radical (unpaired) electrons. The molecule has 0 saturated carbocycles. The molecule has 3 nitrogen and oxygen atoms in total. The molecule has 0 fully saturated rings. The lowest BCUT2D eigenvalue weighted by Crippen LogP contribution is -2.12. The van der Waals surface area contributed by atoms with Crippen LogP contribution in [-0.4, -0.2) is 9.55 Å². The van der Waals surface area contributed by atoms with Crippen molar-refractivity contribution in [3.63, 3.8) is 0 Å². The van der Waals surface area contributed by atoms with Gasteiger partial charge in [-0.3, -0.25) is 0 Å². The number of aromatic nitrogens is 2. The quantitative estimate of drug-likeness (QED) is 0.324. The lowest BCUT2D eigenvalue weighted by atomic mass is 10.1. The van der Waals surface area contributed by atoms with Gasteiger partial charge in [-0.15, -0.1) is 11.3 Å². The minimum Gasteiger partial charge on any atom is -0.367 e. The fourth-order valence-electron chi connectivity index (χ4n) is 2.95. The first-order valence-corrected chi connectivity index (χ1v) is 10.3. The second kappa shape index (κ2) is 8.21. The van der Waals surface area contributed by atoms with Gasteiger partial charge in [0.15, 0.2) is 0 Å². The number of hydrogen-bond acceptors (Lipinski definition) is 3. The van der Waals surface area contributed by atoms with Gasteiger partial charge < -0.3 is 9.30 Å². The average molecular weight is 438 g/mol. The van der Waals surface area contributed by atoms with Crippen molar-refractivity contribution in [1.82, 2.24) is 9.55 Å². The maximum absolute atomic E-state index is 6.44. The second-order valence-electron chi connectivity index (χ2n) is 6.13. The van der Waals surface area contributed by atoms with E-state index in [-0.39, 0.29) is 6.10 Å². The van der Waals surface area contributed by atoms with Crippen molar-refractivity contribution >= 4 is 56.2 Å². The van der Waals surface area contributed by atoms with Crippen LogP contribution in [0.3, 0.4) is 0 Å². The van der Waals surface area contributed by atoms with Crippen molar-refractivity contribution in [3.8, 4) is 0 Å². The van der Waals surface area contributed by atoms with Gasteiger partial charge in [0.2, 0.25) is 0 Å². The summed E-state index contributed by atoms with van der Waals surface area (Å²) >= 11 is 20.3. The Morgan fingerprint density at radius 1 is 1.07 bits per heavy atom. The van der Waals surface area contributed by atoms with E-state index in [0.29, 0.717) is 23.2 Å². The molecule has 0 bridgehead atoms. The highest BCUT2D eigenvalue weighted by Crippen LogP contribution is 2.33. The minimum absolute atomic E-state index is 0.238. The summed E-state index contributed by atoms with van der Waals surface area (Å²) in [6.45, 7) is 1.06. The molecule has 0 aliphatic heterocycles. The van der Waals surface area contributed by atoms with Crippen LogP contribution in [0.25, 0.3) is 10.1 Å². The highest BCUT2D eigenvalue weighted by Gasteiger charge is 2.18. The normalized spacial score (nSPS) is 12.6. The number of benzene rings is 2. The SMILES string of the molecule is Clc1ccc(C(Cn2ccnc2)OCc2csc3ccc(Cl)cc23)c(Cl)c1. The van der Waals surface area contributed by atoms with E-state index in [1.54, 1.807) is 29.9 Å². The summed E-state index contributed by atoms with van der Waals surface area (Å²) < 4.78 is 9.46. The maximum atomic E-state index is 6.44. The Morgan fingerprint density at radius 2 is 1.89 bits per heavy atom. The van der Waals surface area contributed by atoms with Crippen molar-refractivity contribution in [1.29, 1.82) is 0 Å². The molecule has 2 aromatic heterocycles. The van der Waals surface area contributed by atoms with E-state index in [2.05, 4.69) is 10.4 Å². The number of hydrogen-bond donors (Lipinski definition) is 0. The van der Waals surface area contributed by atoms with E-state index in [0.717, 1.165) is 21.5 Å². The molecule has 0 N–H and O–H groups in total. The van der Waals surface area contributed by atoms with Crippen LogP contribution < -0.4 is 0 Å². The molecule has 2 aromatic carbocycles. The summed E-state index contributed by atoms with van der Waals surface area (Å²) in [5, 5.41) is 5.14. The van der Waals surface area contributed by atoms with Crippen LogP contribution in [-0.2, 0) is 17.9 Å². The number of rotatable bonds is 6. The zero-order chi connectivity index (χ0) is 18.8. The standard InChI is InChI=1S/C20H15Cl3N2OS/c21-14-2-4-20-17(7-14)13(11-27-20)10-26-19(9-25-6-5-24-12-25)16-3-1-15(22)8-18(16)23/h1-8,11-12,19H,9-10H2. The Labute approximate surface area is 176 Å². The number of nitrogens with zero attached hydrogens (tertiary/aromatic N) is 2. The van der Waals surface area contributed by atoms with E-state index in [1.165, 1.54) is 4.70 Å². The number of thiophene rings is 1. The van der Waals surface area contributed by atoms with Crippen LogP contribution in [0.2, 0.25) is 15.1 Å². The summed E-state index contributed by atoms with van der Waals surface area (Å²) in [4.78, 5) is 4.11. The molecule has 27 heavy (non-hydrogen) atoms. The third kappa shape index (κ3) is 4.31. The van der Waals surface area contributed by atoms with Crippen LogP contribution in [0.4, 0.5) is 0 Å². The lowest BCUT2D eigenvalue weighted by Gasteiger charge is -2.20. The third-order valence-electron chi connectivity index (χ3n) is 4.30. The van der Waals surface area contributed by atoms with Crippen LogP contribution in [0, 0.1) is 0 Å². The highest BCUT2D eigenvalue weighted by molar-refractivity contribution is 7.17. The van der Waals surface area contributed by atoms with Crippen molar-refractivity contribution in [2.45, 2.75) is 19.3 Å². The molecule has 4 aromatic rings. The van der Waals surface area contributed by atoms with Gasteiger partial charge >= 0.3 is 0 Å². The van der Waals surface area contributed by atoms with Gasteiger partial charge in [-0.2, -0.15) is 0 Å². The van der Waals surface area contributed by atoms with E-state index in [9.17, 15) is 0 Å². The number of ether oxygens (including phenoxy) is 1. The van der Waals surface area contributed by atoms with Gasteiger partial charge in [0.25, 0.3) is 0 Å².